The van der Waals surface area contributed by atoms with Crippen molar-refractivity contribution < 1.29 is 18.7 Å². The lowest BCUT2D eigenvalue weighted by molar-refractivity contribution is -0.127. The number of carbonyl (C=O) groups excluding carboxylic acids is 2. The highest BCUT2D eigenvalue weighted by molar-refractivity contribution is 5.90. The fourth-order valence-corrected chi connectivity index (χ4v) is 3.37. The van der Waals surface area contributed by atoms with E-state index in [2.05, 4.69) is 43.0 Å². The van der Waals surface area contributed by atoms with E-state index < -0.39 is 0 Å². The predicted molar refractivity (Wildman–Crippen MR) is 117 cm³/mol. The van der Waals surface area contributed by atoms with Crippen LogP contribution in [-0.2, 0) is 16.0 Å². The Kier molecular flexibility index (Phi) is 6.61. The number of para-hydroxylation sites is 2. The first-order chi connectivity index (χ1) is 14.4. The molecule has 2 amide bonds. The Hall–Kier alpha value is -3.48. The van der Waals surface area contributed by atoms with Crippen molar-refractivity contribution in [3.63, 3.8) is 0 Å². The molecule has 3 aromatic rings. The average Bonchev–Trinajstić information content (AvgIpc) is 3.11. The van der Waals surface area contributed by atoms with Gasteiger partial charge in [-0.2, -0.15) is 0 Å². The molecule has 30 heavy (non-hydrogen) atoms. The minimum Gasteiger partial charge on any atom is -0.495 e. The van der Waals surface area contributed by atoms with Crippen LogP contribution in [0.4, 0.5) is 5.69 Å². The number of nitrogens with one attached hydrogen (secondary N) is 3. The Morgan fingerprint density at radius 3 is 2.57 bits per heavy atom. The van der Waals surface area contributed by atoms with Gasteiger partial charge >= 0.3 is 0 Å². The molecule has 7 nitrogen and oxygen atoms in total. The van der Waals surface area contributed by atoms with Gasteiger partial charge in [0.15, 0.2) is 0 Å². The number of anilines is 1. The number of rotatable bonds is 7. The number of amides is 2. The molecular weight excluding hydrogens is 382 g/mol. The Morgan fingerprint density at radius 2 is 1.83 bits per heavy atom. The van der Waals surface area contributed by atoms with Gasteiger partial charge < -0.3 is 14.5 Å². The molecule has 0 bridgehead atoms. The van der Waals surface area contributed by atoms with E-state index >= 15 is 0 Å². The fourth-order valence-electron chi connectivity index (χ4n) is 3.37. The summed E-state index contributed by atoms with van der Waals surface area (Å²) in [5, 5.41) is 3.90. The third kappa shape index (κ3) is 4.92. The maximum atomic E-state index is 12.3. The molecule has 1 aromatic heterocycles. The molecule has 0 aliphatic rings. The topological polar surface area (TPSA) is 92.6 Å². The molecule has 0 atom stereocenters. The average molecular weight is 409 g/mol. The van der Waals surface area contributed by atoms with Crippen LogP contribution in [0.5, 0.6) is 5.75 Å². The van der Waals surface area contributed by atoms with E-state index in [4.69, 9.17) is 9.15 Å². The highest BCUT2D eigenvalue weighted by atomic mass is 16.5. The molecule has 0 unspecified atom stereocenters. The molecule has 0 radical (unpaired) electrons. The van der Waals surface area contributed by atoms with Crippen LogP contribution >= 0.6 is 0 Å². The van der Waals surface area contributed by atoms with Crippen LogP contribution in [0.3, 0.4) is 0 Å². The van der Waals surface area contributed by atoms with Gasteiger partial charge in [0.25, 0.3) is 5.91 Å². The summed E-state index contributed by atoms with van der Waals surface area (Å²) in [7, 11) is 1.56. The Bertz CT molecular complexity index is 1060. The van der Waals surface area contributed by atoms with Crippen molar-refractivity contribution in [3.8, 4) is 5.75 Å². The summed E-state index contributed by atoms with van der Waals surface area (Å²) in [5.74, 6) is 0.317. The van der Waals surface area contributed by atoms with Crippen LogP contribution in [0.25, 0.3) is 11.0 Å². The zero-order chi connectivity index (χ0) is 21.7. The predicted octanol–water partition coefficient (Wildman–Crippen LogP) is 3.68. The summed E-state index contributed by atoms with van der Waals surface area (Å²) in [6, 6.07) is 11.4. The first-order valence-corrected chi connectivity index (χ1v) is 9.84. The second-order valence-electron chi connectivity index (χ2n) is 7.45. The van der Waals surface area contributed by atoms with E-state index in [0.29, 0.717) is 17.4 Å². The SMILES string of the molecule is COc1ccccc1NCC(=O)NNC(=O)Cc1coc2cc(C)c(C(C)C)cc12. The first kappa shape index (κ1) is 21.2. The van der Waals surface area contributed by atoms with Crippen molar-refractivity contribution in [2.45, 2.75) is 33.1 Å². The van der Waals surface area contributed by atoms with Crippen LogP contribution in [0, 0.1) is 6.92 Å². The smallest absolute Gasteiger partial charge is 0.257 e. The van der Waals surface area contributed by atoms with Crippen LogP contribution < -0.4 is 20.9 Å². The Labute approximate surface area is 175 Å². The van der Waals surface area contributed by atoms with Crippen LogP contribution in [0.15, 0.2) is 47.1 Å². The van der Waals surface area contributed by atoms with Crippen LogP contribution in [0.2, 0.25) is 0 Å². The molecule has 3 N–H and O–H groups in total. The number of hydrogen-bond donors (Lipinski definition) is 3. The summed E-state index contributed by atoms with van der Waals surface area (Å²) < 4.78 is 10.8. The molecule has 0 saturated carbocycles. The van der Waals surface area contributed by atoms with E-state index in [9.17, 15) is 9.59 Å². The van der Waals surface area contributed by atoms with Crippen LogP contribution in [0.1, 0.15) is 36.5 Å². The van der Waals surface area contributed by atoms with Crippen molar-refractivity contribution in [3.05, 3.63) is 59.4 Å². The first-order valence-electron chi connectivity index (χ1n) is 9.84. The molecule has 1 heterocycles. The van der Waals surface area contributed by atoms with E-state index in [1.807, 2.05) is 24.3 Å². The molecule has 0 spiro atoms. The number of hydrogen-bond acceptors (Lipinski definition) is 5. The van der Waals surface area contributed by atoms with Crippen molar-refractivity contribution in [1.82, 2.24) is 10.9 Å². The molecule has 0 aliphatic carbocycles. The second-order valence-corrected chi connectivity index (χ2v) is 7.45. The molecule has 0 fully saturated rings. The van der Waals surface area contributed by atoms with Crippen molar-refractivity contribution in [1.29, 1.82) is 0 Å². The van der Waals surface area contributed by atoms with Gasteiger partial charge in [0, 0.05) is 10.9 Å². The largest absolute Gasteiger partial charge is 0.495 e. The maximum Gasteiger partial charge on any atom is 0.257 e. The Morgan fingerprint density at radius 1 is 1.10 bits per heavy atom. The molecule has 7 heteroatoms. The number of hydrazine groups is 1. The summed E-state index contributed by atoms with van der Waals surface area (Å²) in [6.07, 6.45) is 1.70. The minimum absolute atomic E-state index is 0.00762. The van der Waals surface area contributed by atoms with Gasteiger partial charge in [-0.15, -0.1) is 0 Å². The normalized spacial score (nSPS) is 10.8. The van der Waals surface area contributed by atoms with E-state index in [1.165, 1.54) is 5.56 Å². The zero-order valence-corrected chi connectivity index (χ0v) is 17.7. The maximum absolute atomic E-state index is 12.3. The standard InChI is InChI=1S/C23H27N3O4/c1-14(2)17-11-18-16(13-30-21(18)9-15(17)3)10-22(27)25-26-23(28)12-24-19-7-5-6-8-20(19)29-4/h5-9,11,13-14,24H,10,12H2,1-4H3,(H,25,27)(H,26,28). The number of aryl methyl sites for hydroxylation is 1. The Balaban J connectivity index is 1.55. The second kappa shape index (κ2) is 9.35. The lowest BCUT2D eigenvalue weighted by atomic mass is 9.95. The van der Waals surface area contributed by atoms with Crippen molar-refractivity contribution in [2.24, 2.45) is 0 Å². The number of benzene rings is 2. The quantitative estimate of drug-likeness (QED) is 0.518. The van der Waals surface area contributed by atoms with Gasteiger partial charge in [-0.3, -0.25) is 20.4 Å². The molecule has 0 saturated heterocycles. The third-order valence-electron chi connectivity index (χ3n) is 4.90. The molecule has 3 rings (SSSR count). The highest BCUT2D eigenvalue weighted by Gasteiger charge is 2.14. The van der Waals surface area contributed by atoms with E-state index in [0.717, 1.165) is 22.1 Å². The molecule has 158 valence electrons. The van der Waals surface area contributed by atoms with Crippen molar-refractivity contribution in [2.75, 3.05) is 19.0 Å². The van der Waals surface area contributed by atoms with Crippen molar-refractivity contribution >= 4 is 28.5 Å². The van der Waals surface area contributed by atoms with Crippen LogP contribution in [-0.4, -0.2) is 25.5 Å². The monoisotopic (exact) mass is 409 g/mol. The number of furan rings is 1. The lowest BCUT2D eigenvalue weighted by Crippen LogP contribution is -2.44. The minimum atomic E-state index is -0.371. The summed E-state index contributed by atoms with van der Waals surface area (Å²) in [6.45, 7) is 6.31. The fraction of sp³-hybridized carbons (Fsp3) is 0.304. The number of fused-ring (bicyclic) bond motifs is 1. The molecule has 2 aromatic carbocycles. The summed E-state index contributed by atoms with van der Waals surface area (Å²) in [5.41, 5.74) is 9.49. The van der Waals surface area contributed by atoms with Gasteiger partial charge in [-0.1, -0.05) is 26.0 Å². The van der Waals surface area contributed by atoms with Gasteiger partial charge in [-0.25, -0.2) is 0 Å². The third-order valence-corrected chi connectivity index (χ3v) is 4.90. The van der Waals surface area contributed by atoms with E-state index in [-0.39, 0.29) is 24.8 Å². The summed E-state index contributed by atoms with van der Waals surface area (Å²) >= 11 is 0. The van der Waals surface area contributed by atoms with Gasteiger partial charge in [-0.05, 0) is 48.2 Å². The number of ether oxygens (including phenoxy) is 1. The zero-order valence-electron chi connectivity index (χ0n) is 17.7. The highest BCUT2D eigenvalue weighted by Crippen LogP contribution is 2.29. The lowest BCUT2D eigenvalue weighted by Gasteiger charge is -2.12. The van der Waals surface area contributed by atoms with Gasteiger partial charge in [0.1, 0.15) is 11.3 Å². The van der Waals surface area contributed by atoms with E-state index in [1.54, 1.807) is 19.4 Å². The molecule has 0 aliphatic heterocycles. The van der Waals surface area contributed by atoms with Gasteiger partial charge in [0.2, 0.25) is 5.91 Å². The molecular formula is C23H27N3O4. The summed E-state index contributed by atoms with van der Waals surface area (Å²) in [4.78, 5) is 24.4. The number of methoxy groups -OCH3 is 1. The number of carbonyl (C=O) groups is 2. The van der Waals surface area contributed by atoms with Gasteiger partial charge in [0.05, 0.1) is 32.0 Å².